The van der Waals surface area contributed by atoms with Crippen LogP contribution in [0.15, 0.2) is 30.3 Å². The molecule has 22 heavy (non-hydrogen) atoms. The van der Waals surface area contributed by atoms with E-state index < -0.39 is 24.1 Å². The molecule has 1 unspecified atom stereocenters. The fraction of sp³-hybridized carbons (Fsp3) is 0.500. The lowest BCUT2D eigenvalue weighted by Crippen LogP contribution is -2.48. The third-order valence-electron chi connectivity index (χ3n) is 3.84. The number of hydrogen-bond acceptors (Lipinski definition) is 5. The summed E-state index contributed by atoms with van der Waals surface area (Å²) in [4.78, 5) is 23.6. The zero-order valence-electron chi connectivity index (χ0n) is 12.5. The monoisotopic (exact) mass is 307 g/mol. The Morgan fingerprint density at radius 2 is 2.00 bits per heavy atom. The van der Waals surface area contributed by atoms with Crippen LogP contribution in [-0.4, -0.2) is 36.4 Å². The summed E-state index contributed by atoms with van der Waals surface area (Å²) >= 11 is 0. The molecular formula is C16H21NO5. The van der Waals surface area contributed by atoms with E-state index in [9.17, 15) is 14.7 Å². The molecule has 1 aromatic rings. The smallest absolute Gasteiger partial charge is 0.407 e. The molecule has 0 bridgehead atoms. The van der Waals surface area contributed by atoms with Crippen molar-refractivity contribution in [2.24, 2.45) is 5.92 Å². The molecule has 0 heterocycles. The minimum atomic E-state index is -0.570. The van der Waals surface area contributed by atoms with Gasteiger partial charge in [0.05, 0.1) is 19.1 Å². The highest BCUT2D eigenvalue weighted by molar-refractivity contribution is 5.75. The maximum atomic E-state index is 11.9. The summed E-state index contributed by atoms with van der Waals surface area (Å²) in [6.45, 7) is 0.172. The van der Waals surface area contributed by atoms with Gasteiger partial charge in [-0.15, -0.1) is 0 Å². The summed E-state index contributed by atoms with van der Waals surface area (Å²) in [5, 5.41) is 12.4. The fourth-order valence-electron chi connectivity index (χ4n) is 2.65. The van der Waals surface area contributed by atoms with Gasteiger partial charge in [0.25, 0.3) is 0 Å². The first-order chi connectivity index (χ1) is 10.6. The van der Waals surface area contributed by atoms with Crippen LogP contribution in [-0.2, 0) is 20.9 Å². The Labute approximate surface area is 129 Å². The maximum absolute atomic E-state index is 11.9. The molecule has 120 valence electrons. The third kappa shape index (κ3) is 4.46. The van der Waals surface area contributed by atoms with Crippen molar-refractivity contribution in [3.05, 3.63) is 35.9 Å². The molecule has 6 nitrogen and oxygen atoms in total. The number of rotatable bonds is 4. The first kappa shape index (κ1) is 16.3. The van der Waals surface area contributed by atoms with Crippen molar-refractivity contribution in [3.63, 3.8) is 0 Å². The average molecular weight is 307 g/mol. The van der Waals surface area contributed by atoms with Gasteiger partial charge in [0.2, 0.25) is 0 Å². The molecular weight excluding hydrogens is 286 g/mol. The zero-order valence-corrected chi connectivity index (χ0v) is 12.5. The number of carbonyl (C=O) groups is 2. The molecule has 2 N–H and O–H groups in total. The Bertz CT molecular complexity index is 505. The molecule has 1 amide bonds. The lowest BCUT2D eigenvalue weighted by molar-refractivity contribution is -0.149. The van der Waals surface area contributed by atoms with Crippen LogP contribution in [0.3, 0.4) is 0 Å². The van der Waals surface area contributed by atoms with Crippen LogP contribution in [0.2, 0.25) is 0 Å². The fourth-order valence-corrected chi connectivity index (χ4v) is 2.65. The molecule has 0 radical (unpaired) electrons. The molecule has 2 rings (SSSR count). The molecule has 1 fully saturated rings. The summed E-state index contributed by atoms with van der Waals surface area (Å²) in [6, 6.07) is 8.97. The molecule has 1 aliphatic carbocycles. The average Bonchev–Trinajstić information content (AvgIpc) is 2.55. The van der Waals surface area contributed by atoms with Crippen molar-refractivity contribution in [2.75, 3.05) is 7.11 Å². The van der Waals surface area contributed by atoms with E-state index in [4.69, 9.17) is 9.47 Å². The lowest BCUT2D eigenvalue weighted by atomic mass is 9.83. The van der Waals surface area contributed by atoms with E-state index in [0.717, 1.165) is 5.56 Å². The van der Waals surface area contributed by atoms with E-state index in [1.807, 2.05) is 30.3 Å². The topological polar surface area (TPSA) is 84.9 Å². The quantitative estimate of drug-likeness (QED) is 0.826. The molecule has 0 saturated heterocycles. The highest BCUT2D eigenvalue weighted by Crippen LogP contribution is 2.26. The van der Waals surface area contributed by atoms with E-state index >= 15 is 0 Å². The molecule has 0 aliphatic heterocycles. The van der Waals surface area contributed by atoms with Gasteiger partial charge in [0.15, 0.2) is 0 Å². The Morgan fingerprint density at radius 3 is 2.68 bits per heavy atom. The van der Waals surface area contributed by atoms with Crippen LogP contribution in [0, 0.1) is 5.92 Å². The summed E-state index contributed by atoms with van der Waals surface area (Å²) < 4.78 is 9.89. The van der Waals surface area contributed by atoms with Gasteiger partial charge in [0.1, 0.15) is 6.61 Å². The number of amides is 1. The van der Waals surface area contributed by atoms with Crippen LogP contribution in [0.5, 0.6) is 0 Å². The number of aliphatic hydroxyl groups excluding tert-OH is 1. The summed E-state index contributed by atoms with van der Waals surface area (Å²) in [5.74, 6) is -0.967. The Balaban J connectivity index is 1.87. The van der Waals surface area contributed by atoms with Gasteiger partial charge in [-0.3, -0.25) is 4.79 Å². The van der Waals surface area contributed by atoms with Crippen molar-refractivity contribution in [1.29, 1.82) is 0 Å². The molecule has 1 aromatic carbocycles. The first-order valence-corrected chi connectivity index (χ1v) is 7.33. The van der Waals surface area contributed by atoms with Crippen molar-refractivity contribution >= 4 is 12.1 Å². The SMILES string of the molecule is COC(=O)[C@@H]1CC(O)CC[C@@H]1NC(=O)OCc1ccccc1. The van der Waals surface area contributed by atoms with Crippen molar-refractivity contribution in [2.45, 2.75) is 38.0 Å². The number of hydrogen-bond donors (Lipinski definition) is 2. The first-order valence-electron chi connectivity index (χ1n) is 7.33. The number of carbonyl (C=O) groups excluding carboxylic acids is 2. The maximum Gasteiger partial charge on any atom is 0.407 e. The number of benzene rings is 1. The van der Waals surface area contributed by atoms with Crippen LogP contribution < -0.4 is 5.32 Å². The summed E-state index contributed by atoms with van der Waals surface area (Å²) in [6.07, 6.45) is 0.232. The largest absolute Gasteiger partial charge is 0.469 e. The number of esters is 1. The number of alkyl carbamates (subject to hydrolysis) is 1. The minimum absolute atomic E-state index is 0.172. The molecule has 0 aromatic heterocycles. The van der Waals surface area contributed by atoms with Gasteiger partial charge in [-0.2, -0.15) is 0 Å². The standard InChI is InChI=1S/C16H21NO5/c1-21-15(19)13-9-12(18)7-8-14(13)17-16(20)22-10-11-5-3-2-4-6-11/h2-6,12-14,18H,7-10H2,1H3,(H,17,20)/t12?,13-,14+/m1/s1. The Kier molecular flexibility index (Phi) is 5.77. The van der Waals surface area contributed by atoms with E-state index in [1.54, 1.807) is 0 Å². The predicted octanol–water partition coefficient (Wildman–Crippen LogP) is 1.62. The van der Waals surface area contributed by atoms with Crippen LogP contribution in [0.25, 0.3) is 0 Å². The predicted molar refractivity (Wildman–Crippen MR) is 78.9 cm³/mol. The van der Waals surface area contributed by atoms with E-state index in [1.165, 1.54) is 7.11 Å². The van der Waals surface area contributed by atoms with Gasteiger partial charge in [-0.05, 0) is 24.8 Å². The van der Waals surface area contributed by atoms with Crippen LogP contribution in [0.1, 0.15) is 24.8 Å². The van der Waals surface area contributed by atoms with Crippen LogP contribution >= 0.6 is 0 Å². The highest BCUT2D eigenvalue weighted by atomic mass is 16.5. The second-order valence-electron chi connectivity index (χ2n) is 5.41. The van der Waals surface area contributed by atoms with E-state index in [0.29, 0.717) is 12.8 Å². The van der Waals surface area contributed by atoms with Crippen molar-refractivity contribution in [3.8, 4) is 0 Å². The molecule has 1 aliphatic rings. The number of ether oxygens (including phenoxy) is 2. The Hall–Kier alpha value is -2.08. The van der Waals surface area contributed by atoms with Gasteiger partial charge >= 0.3 is 12.1 Å². The second-order valence-corrected chi connectivity index (χ2v) is 5.41. The Morgan fingerprint density at radius 1 is 1.27 bits per heavy atom. The zero-order chi connectivity index (χ0) is 15.9. The lowest BCUT2D eigenvalue weighted by Gasteiger charge is -2.32. The minimum Gasteiger partial charge on any atom is -0.469 e. The number of aliphatic hydroxyl groups is 1. The highest BCUT2D eigenvalue weighted by Gasteiger charge is 2.36. The van der Waals surface area contributed by atoms with Gasteiger partial charge in [-0.25, -0.2) is 4.79 Å². The molecule has 3 atom stereocenters. The second kappa shape index (κ2) is 7.79. The summed E-state index contributed by atoms with van der Waals surface area (Å²) in [5.41, 5.74) is 0.890. The number of nitrogens with one attached hydrogen (secondary N) is 1. The normalized spacial score (nSPS) is 24.4. The van der Waals surface area contributed by atoms with Crippen molar-refractivity contribution < 1.29 is 24.2 Å². The van der Waals surface area contributed by atoms with E-state index in [2.05, 4.69) is 5.32 Å². The summed E-state index contributed by atoms with van der Waals surface area (Å²) in [7, 11) is 1.30. The van der Waals surface area contributed by atoms with Gasteiger partial charge in [0, 0.05) is 6.04 Å². The molecule has 6 heteroatoms. The van der Waals surface area contributed by atoms with Crippen molar-refractivity contribution in [1.82, 2.24) is 5.32 Å². The molecule has 0 spiro atoms. The third-order valence-corrected chi connectivity index (χ3v) is 3.84. The van der Waals surface area contributed by atoms with Crippen LogP contribution in [0.4, 0.5) is 4.79 Å². The van der Waals surface area contributed by atoms with Gasteiger partial charge in [-0.1, -0.05) is 30.3 Å². The van der Waals surface area contributed by atoms with Gasteiger partial charge < -0.3 is 19.9 Å². The molecule has 1 saturated carbocycles. The van der Waals surface area contributed by atoms with E-state index in [-0.39, 0.29) is 19.1 Å². The number of methoxy groups -OCH3 is 1.